The van der Waals surface area contributed by atoms with Gasteiger partial charge in [0.1, 0.15) is 5.69 Å². The first-order chi connectivity index (χ1) is 8.49. The van der Waals surface area contributed by atoms with Crippen LogP contribution in [0.15, 0.2) is 12.1 Å². The second-order valence-electron chi connectivity index (χ2n) is 4.10. The molecule has 1 aromatic rings. The highest BCUT2D eigenvalue weighted by Gasteiger charge is 2.17. The molecule has 100 valence electrons. The fourth-order valence-corrected chi connectivity index (χ4v) is 1.66. The molecule has 0 bridgehead atoms. The molecule has 0 aliphatic heterocycles. The van der Waals surface area contributed by atoms with Crippen molar-refractivity contribution in [3.05, 3.63) is 33.9 Å². The standard InChI is InChI=1S/C12H16F2N2O2/c1-3-8(4-2)7-15-12-10(13)5-9(16(17)18)6-11(12)14/h5-6,8,15H,3-4,7H2,1-2H3. The number of nitrogens with one attached hydrogen (secondary N) is 1. The van der Waals surface area contributed by atoms with Crippen LogP contribution in [0.25, 0.3) is 0 Å². The monoisotopic (exact) mass is 258 g/mol. The Bertz CT molecular complexity index is 411. The molecule has 0 radical (unpaired) electrons. The van der Waals surface area contributed by atoms with E-state index in [0.717, 1.165) is 25.0 Å². The van der Waals surface area contributed by atoms with Crippen molar-refractivity contribution in [1.29, 1.82) is 0 Å². The van der Waals surface area contributed by atoms with Gasteiger partial charge in [0.15, 0.2) is 11.6 Å². The first kappa shape index (κ1) is 14.3. The average Bonchev–Trinajstić information content (AvgIpc) is 2.32. The lowest BCUT2D eigenvalue weighted by Gasteiger charge is -2.15. The lowest BCUT2D eigenvalue weighted by atomic mass is 10.0. The van der Waals surface area contributed by atoms with Crippen molar-refractivity contribution in [3.8, 4) is 0 Å². The van der Waals surface area contributed by atoms with Crippen LogP contribution in [0.2, 0.25) is 0 Å². The van der Waals surface area contributed by atoms with Gasteiger partial charge in [0.05, 0.1) is 17.1 Å². The Morgan fingerprint density at radius 3 is 2.17 bits per heavy atom. The molecule has 0 saturated carbocycles. The highest BCUT2D eigenvalue weighted by Crippen LogP contribution is 2.25. The Morgan fingerprint density at radius 1 is 1.28 bits per heavy atom. The predicted octanol–water partition coefficient (Wildman–Crippen LogP) is 3.72. The quantitative estimate of drug-likeness (QED) is 0.625. The first-order valence-electron chi connectivity index (χ1n) is 5.86. The minimum absolute atomic E-state index is 0.299. The van der Waals surface area contributed by atoms with Gasteiger partial charge in [0, 0.05) is 6.54 Å². The molecule has 1 rings (SSSR count). The molecular weight excluding hydrogens is 242 g/mol. The topological polar surface area (TPSA) is 55.2 Å². The van der Waals surface area contributed by atoms with E-state index in [2.05, 4.69) is 5.32 Å². The molecule has 0 aliphatic rings. The number of anilines is 1. The zero-order valence-electron chi connectivity index (χ0n) is 10.4. The van der Waals surface area contributed by atoms with Gasteiger partial charge in [0.2, 0.25) is 0 Å². The maximum absolute atomic E-state index is 13.5. The molecule has 0 aromatic heterocycles. The molecule has 0 spiro atoms. The molecule has 0 atom stereocenters. The van der Waals surface area contributed by atoms with Crippen LogP contribution >= 0.6 is 0 Å². The van der Waals surface area contributed by atoms with Crippen molar-refractivity contribution >= 4 is 11.4 Å². The van der Waals surface area contributed by atoms with Gasteiger partial charge >= 0.3 is 0 Å². The molecule has 0 fully saturated rings. The lowest BCUT2D eigenvalue weighted by molar-refractivity contribution is -0.385. The number of rotatable bonds is 6. The largest absolute Gasteiger partial charge is 0.380 e. The number of nitro groups is 1. The summed E-state index contributed by atoms with van der Waals surface area (Å²) in [6.45, 7) is 4.44. The summed E-state index contributed by atoms with van der Waals surface area (Å²) < 4.78 is 27.0. The molecule has 0 saturated heterocycles. The van der Waals surface area contributed by atoms with Crippen LogP contribution in [0.4, 0.5) is 20.2 Å². The van der Waals surface area contributed by atoms with Crippen LogP contribution in [-0.2, 0) is 0 Å². The highest BCUT2D eigenvalue weighted by molar-refractivity contribution is 5.51. The zero-order chi connectivity index (χ0) is 13.7. The van der Waals surface area contributed by atoms with E-state index in [1.54, 1.807) is 0 Å². The fourth-order valence-electron chi connectivity index (χ4n) is 1.66. The van der Waals surface area contributed by atoms with E-state index in [9.17, 15) is 18.9 Å². The Hall–Kier alpha value is -1.72. The smallest absolute Gasteiger partial charge is 0.275 e. The van der Waals surface area contributed by atoms with Crippen molar-refractivity contribution in [1.82, 2.24) is 0 Å². The summed E-state index contributed by atoms with van der Waals surface area (Å²) in [5, 5.41) is 13.1. The molecule has 0 aliphatic carbocycles. The summed E-state index contributed by atoms with van der Waals surface area (Å²) >= 11 is 0. The molecule has 4 nitrogen and oxygen atoms in total. The summed E-state index contributed by atoms with van der Waals surface area (Å²) in [6.07, 6.45) is 1.80. The Morgan fingerprint density at radius 2 is 1.78 bits per heavy atom. The average molecular weight is 258 g/mol. The van der Waals surface area contributed by atoms with E-state index < -0.39 is 22.2 Å². The molecule has 18 heavy (non-hydrogen) atoms. The fraction of sp³-hybridized carbons (Fsp3) is 0.500. The number of benzene rings is 1. The maximum Gasteiger partial charge on any atom is 0.275 e. The Balaban J connectivity index is 2.87. The SMILES string of the molecule is CCC(CC)CNc1c(F)cc([N+](=O)[O-])cc1F. The number of halogens is 2. The highest BCUT2D eigenvalue weighted by atomic mass is 19.1. The first-order valence-corrected chi connectivity index (χ1v) is 5.86. The van der Waals surface area contributed by atoms with E-state index in [4.69, 9.17) is 0 Å². The molecule has 0 unspecified atom stereocenters. The third kappa shape index (κ3) is 3.38. The molecule has 0 heterocycles. The van der Waals surface area contributed by atoms with E-state index in [-0.39, 0.29) is 5.69 Å². The number of nitrogens with zero attached hydrogens (tertiary/aromatic N) is 1. The Kier molecular flexibility index (Phi) is 5.00. The van der Waals surface area contributed by atoms with Crippen LogP contribution in [0, 0.1) is 27.7 Å². The molecule has 6 heteroatoms. The second-order valence-corrected chi connectivity index (χ2v) is 4.10. The summed E-state index contributed by atoms with van der Waals surface area (Å²) in [4.78, 5) is 9.60. The van der Waals surface area contributed by atoms with E-state index in [1.165, 1.54) is 0 Å². The summed E-state index contributed by atoms with van der Waals surface area (Å²) in [5.74, 6) is -1.56. The summed E-state index contributed by atoms with van der Waals surface area (Å²) in [5.41, 5.74) is -0.884. The lowest BCUT2D eigenvalue weighted by Crippen LogP contribution is -2.14. The van der Waals surface area contributed by atoms with Crippen molar-refractivity contribution in [3.63, 3.8) is 0 Å². The van der Waals surface area contributed by atoms with Crippen LogP contribution < -0.4 is 5.32 Å². The van der Waals surface area contributed by atoms with Crippen LogP contribution in [0.5, 0.6) is 0 Å². The van der Waals surface area contributed by atoms with Crippen LogP contribution in [-0.4, -0.2) is 11.5 Å². The normalized spacial score (nSPS) is 10.7. The van der Waals surface area contributed by atoms with Crippen molar-refractivity contribution < 1.29 is 13.7 Å². The molecule has 0 amide bonds. The van der Waals surface area contributed by atoms with Gasteiger partial charge in [-0.2, -0.15) is 0 Å². The van der Waals surface area contributed by atoms with Crippen molar-refractivity contribution in [2.45, 2.75) is 26.7 Å². The van der Waals surface area contributed by atoms with Crippen LogP contribution in [0.3, 0.4) is 0 Å². The van der Waals surface area contributed by atoms with Gasteiger partial charge in [0.25, 0.3) is 5.69 Å². The van der Waals surface area contributed by atoms with Crippen LogP contribution in [0.1, 0.15) is 26.7 Å². The van der Waals surface area contributed by atoms with E-state index in [0.29, 0.717) is 12.5 Å². The van der Waals surface area contributed by atoms with E-state index >= 15 is 0 Å². The third-order valence-electron chi connectivity index (χ3n) is 2.96. The molecular formula is C12H16F2N2O2. The van der Waals surface area contributed by atoms with Crippen molar-refractivity contribution in [2.24, 2.45) is 5.92 Å². The zero-order valence-corrected chi connectivity index (χ0v) is 10.4. The van der Waals surface area contributed by atoms with Gasteiger partial charge in [-0.3, -0.25) is 10.1 Å². The van der Waals surface area contributed by atoms with Gasteiger partial charge in [-0.1, -0.05) is 26.7 Å². The summed E-state index contributed by atoms with van der Waals surface area (Å²) in [6, 6.07) is 1.44. The minimum Gasteiger partial charge on any atom is -0.380 e. The van der Waals surface area contributed by atoms with E-state index in [1.807, 2.05) is 13.8 Å². The number of nitro benzene ring substituents is 1. The van der Waals surface area contributed by atoms with Gasteiger partial charge in [-0.15, -0.1) is 0 Å². The molecule has 1 aromatic carbocycles. The van der Waals surface area contributed by atoms with Gasteiger partial charge in [-0.25, -0.2) is 8.78 Å². The third-order valence-corrected chi connectivity index (χ3v) is 2.96. The van der Waals surface area contributed by atoms with Gasteiger partial charge < -0.3 is 5.32 Å². The second kappa shape index (κ2) is 6.28. The Labute approximate surface area is 104 Å². The van der Waals surface area contributed by atoms with Gasteiger partial charge in [-0.05, 0) is 5.92 Å². The number of non-ortho nitro benzene ring substituents is 1. The predicted molar refractivity (Wildman–Crippen MR) is 65.6 cm³/mol. The van der Waals surface area contributed by atoms with Crippen molar-refractivity contribution in [2.75, 3.05) is 11.9 Å². The molecule has 1 N–H and O–H groups in total. The summed E-state index contributed by atoms with van der Waals surface area (Å²) in [7, 11) is 0. The number of hydrogen-bond donors (Lipinski definition) is 1. The maximum atomic E-state index is 13.5. The minimum atomic E-state index is -0.937. The number of hydrogen-bond acceptors (Lipinski definition) is 3.